The number of nitrogens with zero attached hydrogens (tertiary/aromatic N) is 3. The summed E-state index contributed by atoms with van der Waals surface area (Å²) in [5, 5.41) is 7.44. The van der Waals surface area contributed by atoms with E-state index in [1.165, 1.54) is 12.1 Å². The van der Waals surface area contributed by atoms with Crippen LogP contribution in [-0.2, 0) is 6.61 Å². The molecule has 0 radical (unpaired) electrons. The van der Waals surface area contributed by atoms with Gasteiger partial charge in [-0.05, 0) is 48.9 Å². The summed E-state index contributed by atoms with van der Waals surface area (Å²) in [4.78, 5) is 4.51. The van der Waals surface area contributed by atoms with Crippen molar-refractivity contribution in [3.8, 4) is 11.5 Å². The minimum Gasteiger partial charge on any atom is -0.497 e. The molecular weight excluding hydrogens is 371 g/mol. The number of hydrogen-bond acceptors (Lipinski definition) is 5. The van der Waals surface area contributed by atoms with Crippen molar-refractivity contribution >= 4 is 11.5 Å². The van der Waals surface area contributed by atoms with Gasteiger partial charge < -0.3 is 14.8 Å². The standard InChI is InChI=1S/C22H21FN4O2/c1-15(25-21-10-12-27-22(26-21)9-11-24-27)19-13-17(23)5-8-20(19)29-14-16-3-6-18(28-2)7-4-16/h3-13,15H,14H2,1-2H3,(H,25,26)/t15-/m1/s1. The highest BCUT2D eigenvalue weighted by molar-refractivity contribution is 5.48. The average Bonchev–Trinajstić information content (AvgIpc) is 3.21. The molecule has 0 unspecified atom stereocenters. The minimum absolute atomic E-state index is 0.213. The largest absolute Gasteiger partial charge is 0.497 e. The second kappa shape index (κ2) is 8.18. The molecule has 1 N–H and O–H groups in total. The van der Waals surface area contributed by atoms with Crippen molar-refractivity contribution in [2.24, 2.45) is 0 Å². The maximum absolute atomic E-state index is 13.9. The smallest absolute Gasteiger partial charge is 0.157 e. The fourth-order valence-corrected chi connectivity index (χ4v) is 3.06. The van der Waals surface area contributed by atoms with Gasteiger partial charge in [-0.3, -0.25) is 0 Å². The fraction of sp³-hybridized carbons (Fsp3) is 0.182. The van der Waals surface area contributed by atoms with Gasteiger partial charge in [0.2, 0.25) is 0 Å². The van der Waals surface area contributed by atoms with Crippen LogP contribution in [-0.4, -0.2) is 21.7 Å². The van der Waals surface area contributed by atoms with E-state index in [2.05, 4.69) is 15.4 Å². The molecule has 0 aliphatic carbocycles. The summed E-state index contributed by atoms with van der Waals surface area (Å²) in [7, 11) is 1.63. The molecule has 0 fully saturated rings. The van der Waals surface area contributed by atoms with Crippen LogP contribution < -0.4 is 14.8 Å². The van der Waals surface area contributed by atoms with Crippen LogP contribution in [0, 0.1) is 5.82 Å². The predicted molar refractivity (Wildman–Crippen MR) is 109 cm³/mol. The Labute approximate surface area is 167 Å². The van der Waals surface area contributed by atoms with Crippen molar-refractivity contribution in [3.05, 3.63) is 83.9 Å². The van der Waals surface area contributed by atoms with Crippen molar-refractivity contribution < 1.29 is 13.9 Å². The molecule has 0 spiro atoms. The highest BCUT2D eigenvalue weighted by atomic mass is 19.1. The van der Waals surface area contributed by atoms with E-state index in [0.717, 1.165) is 17.0 Å². The van der Waals surface area contributed by atoms with E-state index in [1.807, 2.05) is 49.5 Å². The van der Waals surface area contributed by atoms with E-state index >= 15 is 0 Å². The molecule has 2 heterocycles. The van der Waals surface area contributed by atoms with Gasteiger partial charge in [-0.15, -0.1) is 0 Å². The molecule has 148 valence electrons. The Balaban J connectivity index is 1.51. The Kier molecular flexibility index (Phi) is 5.29. The number of benzene rings is 2. The summed E-state index contributed by atoms with van der Waals surface area (Å²) in [6.45, 7) is 2.31. The first-order chi connectivity index (χ1) is 14.1. The monoisotopic (exact) mass is 392 g/mol. The maximum atomic E-state index is 13.9. The van der Waals surface area contributed by atoms with Gasteiger partial charge in [0.25, 0.3) is 0 Å². The summed E-state index contributed by atoms with van der Waals surface area (Å²) in [6, 6.07) is 15.6. The lowest BCUT2D eigenvalue weighted by molar-refractivity contribution is 0.301. The van der Waals surface area contributed by atoms with Crippen LogP contribution >= 0.6 is 0 Å². The lowest BCUT2D eigenvalue weighted by Crippen LogP contribution is -2.11. The van der Waals surface area contributed by atoms with Crippen molar-refractivity contribution in [2.75, 3.05) is 12.4 Å². The number of methoxy groups -OCH3 is 1. The molecule has 29 heavy (non-hydrogen) atoms. The number of nitrogens with one attached hydrogen (secondary N) is 1. The second-order valence-electron chi connectivity index (χ2n) is 6.63. The number of anilines is 1. The third-order valence-electron chi connectivity index (χ3n) is 4.61. The summed E-state index contributed by atoms with van der Waals surface area (Å²) < 4.78 is 26.8. The molecule has 2 aromatic carbocycles. The van der Waals surface area contributed by atoms with Gasteiger partial charge in [-0.1, -0.05) is 12.1 Å². The molecule has 0 bridgehead atoms. The van der Waals surface area contributed by atoms with Crippen LogP contribution in [0.4, 0.5) is 10.2 Å². The lowest BCUT2D eigenvalue weighted by atomic mass is 10.1. The average molecular weight is 392 g/mol. The van der Waals surface area contributed by atoms with Crippen LogP contribution in [0.15, 0.2) is 67.0 Å². The molecule has 4 rings (SSSR count). The molecule has 0 aliphatic rings. The molecule has 6 nitrogen and oxygen atoms in total. The van der Waals surface area contributed by atoms with Crippen molar-refractivity contribution in [1.29, 1.82) is 0 Å². The Hall–Kier alpha value is -3.61. The molecule has 0 saturated heterocycles. The summed E-state index contributed by atoms with van der Waals surface area (Å²) in [5.74, 6) is 1.77. The van der Waals surface area contributed by atoms with Gasteiger partial charge in [0.15, 0.2) is 5.65 Å². The second-order valence-corrected chi connectivity index (χ2v) is 6.63. The number of ether oxygens (including phenoxy) is 2. The summed E-state index contributed by atoms with van der Waals surface area (Å²) >= 11 is 0. The molecule has 0 aliphatic heterocycles. The van der Waals surface area contributed by atoms with Crippen LogP contribution in [0.2, 0.25) is 0 Å². The normalized spacial score (nSPS) is 12.0. The highest BCUT2D eigenvalue weighted by Crippen LogP contribution is 2.29. The summed E-state index contributed by atoms with van der Waals surface area (Å²) in [6.07, 6.45) is 3.51. The number of hydrogen-bond donors (Lipinski definition) is 1. The SMILES string of the molecule is COc1ccc(COc2ccc(F)cc2[C@@H](C)Nc2ccn3nccc3n2)cc1. The highest BCUT2D eigenvalue weighted by Gasteiger charge is 2.14. The molecule has 0 amide bonds. The van der Waals surface area contributed by atoms with E-state index in [0.29, 0.717) is 23.7 Å². The third kappa shape index (κ3) is 4.29. The molecule has 4 aromatic rings. The Morgan fingerprint density at radius 3 is 2.72 bits per heavy atom. The number of fused-ring (bicyclic) bond motifs is 1. The van der Waals surface area contributed by atoms with E-state index in [1.54, 1.807) is 23.9 Å². The first-order valence-corrected chi connectivity index (χ1v) is 9.24. The topological polar surface area (TPSA) is 60.7 Å². The minimum atomic E-state index is -0.315. The molecule has 2 aromatic heterocycles. The maximum Gasteiger partial charge on any atom is 0.157 e. The quantitative estimate of drug-likeness (QED) is 0.497. The van der Waals surface area contributed by atoms with Crippen LogP contribution in [0.25, 0.3) is 5.65 Å². The number of aromatic nitrogens is 3. The molecule has 1 atom stereocenters. The van der Waals surface area contributed by atoms with Gasteiger partial charge in [-0.2, -0.15) is 5.10 Å². The Morgan fingerprint density at radius 1 is 1.10 bits per heavy atom. The van der Waals surface area contributed by atoms with Crippen molar-refractivity contribution in [2.45, 2.75) is 19.6 Å². The predicted octanol–water partition coefficient (Wildman–Crippen LogP) is 4.63. The van der Waals surface area contributed by atoms with Crippen LogP contribution in [0.3, 0.4) is 0 Å². The molecule has 0 saturated carbocycles. The zero-order chi connectivity index (χ0) is 20.2. The van der Waals surface area contributed by atoms with Gasteiger partial charge in [0.05, 0.1) is 19.3 Å². The van der Waals surface area contributed by atoms with Gasteiger partial charge in [0, 0.05) is 17.8 Å². The number of rotatable bonds is 7. The Bertz CT molecular complexity index is 1110. The Morgan fingerprint density at radius 2 is 1.93 bits per heavy atom. The van der Waals surface area contributed by atoms with Crippen molar-refractivity contribution in [3.63, 3.8) is 0 Å². The first-order valence-electron chi connectivity index (χ1n) is 9.24. The zero-order valence-electron chi connectivity index (χ0n) is 16.2. The number of halogens is 1. The first kappa shape index (κ1) is 18.7. The van der Waals surface area contributed by atoms with Gasteiger partial charge in [0.1, 0.15) is 29.7 Å². The van der Waals surface area contributed by atoms with E-state index < -0.39 is 0 Å². The van der Waals surface area contributed by atoms with Crippen LogP contribution in [0.1, 0.15) is 24.1 Å². The van der Waals surface area contributed by atoms with E-state index in [4.69, 9.17) is 9.47 Å². The van der Waals surface area contributed by atoms with Crippen molar-refractivity contribution in [1.82, 2.24) is 14.6 Å². The molecule has 7 heteroatoms. The lowest BCUT2D eigenvalue weighted by Gasteiger charge is -2.19. The van der Waals surface area contributed by atoms with E-state index in [9.17, 15) is 4.39 Å². The van der Waals surface area contributed by atoms with E-state index in [-0.39, 0.29) is 11.9 Å². The third-order valence-corrected chi connectivity index (χ3v) is 4.61. The fourth-order valence-electron chi connectivity index (χ4n) is 3.06. The summed E-state index contributed by atoms with van der Waals surface area (Å²) in [5.41, 5.74) is 2.45. The van der Waals surface area contributed by atoms with Gasteiger partial charge >= 0.3 is 0 Å². The van der Waals surface area contributed by atoms with Crippen LogP contribution in [0.5, 0.6) is 11.5 Å². The zero-order valence-corrected chi connectivity index (χ0v) is 16.2. The molecular formula is C22H21FN4O2. The van der Waals surface area contributed by atoms with Gasteiger partial charge in [-0.25, -0.2) is 13.9 Å².